The van der Waals surface area contributed by atoms with E-state index in [1.54, 1.807) is 11.3 Å². The molecule has 0 aromatic carbocycles. The van der Waals surface area contributed by atoms with Gasteiger partial charge in [-0.15, -0.1) is 0 Å². The Kier molecular flexibility index (Phi) is 3.96. The third kappa shape index (κ3) is 2.93. The lowest BCUT2D eigenvalue weighted by atomic mass is 9.77. The van der Waals surface area contributed by atoms with E-state index in [2.05, 4.69) is 28.7 Å². The van der Waals surface area contributed by atoms with Crippen LogP contribution in [0.1, 0.15) is 31.7 Å². The van der Waals surface area contributed by atoms with Gasteiger partial charge in [-0.1, -0.05) is 6.92 Å². The Hall–Kier alpha value is -0.940. The van der Waals surface area contributed by atoms with Gasteiger partial charge >= 0.3 is 0 Å². The number of carbonyl (C=O) groups is 1. The number of hydrogen-bond acceptors (Lipinski definition) is 3. The Morgan fingerprint density at radius 1 is 1.43 bits per heavy atom. The zero-order valence-electron chi connectivity index (χ0n) is 13.7. The van der Waals surface area contributed by atoms with Crippen LogP contribution in [0.3, 0.4) is 0 Å². The highest BCUT2D eigenvalue weighted by Gasteiger charge is 2.51. The molecule has 2 aliphatic heterocycles. The maximum atomic E-state index is 14.8. The van der Waals surface area contributed by atoms with Crippen LogP contribution >= 0.6 is 11.3 Å². The standard InChI is InChI=1S/C18H25FN2OS/c1-13-8-15(13)17(22)21-5-2-16(19)18(12-21)4-6-20(11-18)9-14-3-7-23-10-14/h3,7,10,13,15-16H,2,4-6,8-9,11-12H2,1H3/t13-,15+,16-,18-/m1/s1. The van der Waals surface area contributed by atoms with Crippen LogP contribution in [0.4, 0.5) is 4.39 Å². The third-order valence-corrected chi connectivity index (χ3v) is 6.74. The lowest BCUT2D eigenvalue weighted by molar-refractivity contribution is -0.138. The summed E-state index contributed by atoms with van der Waals surface area (Å²) in [6.07, 6.45) is 1.64. The van der Waals surface area contributed by atoms with Gasteiger partial charge in [-0.2, -0.15) is 11.3 Å². The summed E-state index contributed by atoms with van der Waals surface area (Å²) in [6.45, 7) is 6.00. The van der Waals surface area contributed by atoms with Crippen molar-refractivity contribution >= 4 is 17.2 Å². The van der Waals surface area contributed by atoms with Gasteiger partial charge < -0.3 is 4.90 Å². The van der Waals surface area contributed by atoms with E-state index in [0.29, 0.717) is 25.4 Å². The van der Waals surface area contributed by atoms with E-state index in [1.807, 2.05) is 4.90 Å². The minimum atomic E-state index is -0.768. The average molecular weight is 336 g/mol. The molecule has 4 rings (SSSR count). The molecule has 3 nitrogen and oxygen atoms in total. The van der Waals surface area contributed by atoms with Gasteiger partial charge in [0.25, 0.3) is 0 Å². The number of rotatable bonds is 3. The van der Waals surface area contributed by atoms with Gasteiger partial charge in [0.05, 0.1) is 0 Å². The van der Waals surface area contributed by atoms with E-state index in [0.717, 1.165) is 32.5 Å². The number of halogens is 1. The van der Waals surface area contributed by atoms with Crippen molar-refractivity contribution in [2.45, 2.75) is 38.9 Å². The second-order valence-corrected chi connectivity index (χ2v) is 8.57. The van der Waals surface area contributed by atoms with Crippen molar-refractivity contribution < 1.29 is 9.18 Å². The number of piperidine rings is 1. The predicted octanol–water partition coefficient (Wildman–Crippen LogP) is 3.17. The zero-order chi connectivity index (χ0) is 16.0. The number of hydrogen-bond donors (Lipinski definition) is 0. The molecule has 0 bridgehead atoms. The number of nitrogens with zero attached hydrogens (tertiary/aromatic N) is 2. The summed E-state index contributed by atoms with van der Waals surface area (Å²) >= 11 is 1.71. The van der Waals surface area contributed by atoms with Gasteiger partial charge in [0.2, 0.25) is 5.91 Å². The summed E-state index contributed by atoms with van der Waals surface area (Å²) in [5, 5.41) is 4.26. The quantitative estimate of drug-likeness (QED) is 0.846. The van der Waals surface area contributed by atoms with Crippen LogP contribution < -0.4 is 0 Å². The van der Waals surface area contributed by atoms with Crippen molar-refractivity contribution in [2.24, 2.45) is 17.3 Å². The van der Waals surface area contributed by atoms with E-state index in [-0.39, 0.29) is 17.2 Å². The number of alkyl halides is 1. The monoisotopic (exact) mass is 336 g/mol. The van der Waals surface area contributed by atoms with Gasteiger partial charge in [-0.25, -0.2) is 4.39 Å². The number of likely N-dealkylation sites (tertiary alicyclic amines) is 2. The first-order valence-electron chi connectivity index (χ1n) is 8.74. The van der Waals surface area contributed by atoms with E-state index < -0.39 is 6.17 Å². The smallest absolute Gasteiger partial charge is 0.225 e. The van der Waals surface area contributed by atoms with E-state index in [1.165, 1.54) is 5.56 Å². The van der Waals surface area contributed by atoms with Crippen molar-refractivity contribution in [2.75, 3.05) is 26.2 Å². The zero-order valence-corrected chi connectivity index (χ0v) is 14.5. The molecular formula is C18H25FN2OS. The van der Waals surface area contributed by atoms with Crippen molar-refractivity contribution in [3.63, 3.8) is 0 Å². The summed E-state index contributed by atoms with van der Waals surface area (Å²) in [5.74, 6) is 1.02. The predicted molar refractivity (Wildman–Crippen MR) is 90.0 cm³/mol. The van der Waals surface area contributed by atoms with Crippen LogP contribution in [0, 0.1) is 17.3 Å². The molecule has 3 fully saturated rings. The Balaban J connectivity index is 1.42. The largest absolute Gasteiger partial charge is 0.342 e. The summed E-state index contributed by atoms with van der Waals surface area (Å²) in [5.41, 5.74) is 0.986. The second kappa shape index (κ2) is 5.85. The minimum Gasteiger partial charge on any atom is -0.342 e. The topological polar surface area (TPSA) is 23.6 Å². The molecule has 1 amide bonds. The molecule has 3 aliphatic rings. The highest BCUT2D eigenvalue weighted by atomic mass is 32.1. The van der Waals surface area contributed by atoms with Gasteiger partial charge in [0.15, 0.2) is 0 Å². The fraction of sp³-hybridized carbons (Fsp3) is 0.722. The minimum absolute atomic E-state index is 0.214. The molecule has 126 valence electrons. The van der Waals surface area contributed by atoms with Gasteiger partial charge in [0, 0.05) is 37.5 Å². The maximum absolute atomic E-state index is 14.8. The molecule has 0 N–H and O–H groups in total. The fourth-order valence-corrected chi connectivity index (χ4v) is 5.03. The lowest BCUT2D eigenvalue weighted by Crippen LogP contribution is -2.53. The van der Waals surface area contributed by atoms with Gasteiger partial charge in [-0.05, 0) is 54.1 Å². The van der Waals surface area contributed by atoms with Crippen LogP contribution in [-0.2, 0) is 11.3 Å². The molecule has 23 heavy (non-hydrogen) atoms. The average Bonchev–Trinajstić information content (AvgIpc) is 2.92. The molecule has 0 unspecified atom stereocenters. The maximum Gasteiger partial charge on any atom is 0.225 e. The number of carbonyl (C=O) groups excluding carboxylic acids is 1. The van der Waals surface area contributed by atoms with E-state index >= 15 is 0 Å². The Bertz CT molecular complexity index is 578. The molecule has 1 saturated carbocycles. The second-order valence-electron chi connectivity index (χ2n) is 7.79. The summed E-state index contributed by atoms with van der Waals surface area (Å²) in [6, 6.07) is 2.15. The van der Waals surface area contributed by atoms with Crippen LogP contribution in [0.5, 0.6) is 0 Å². The van der Waals surface area contributed by atoms with E-state index in [9.17, 15) is 9.18 Å². The fourth-order valence-electron chi connectivity index (χ4n) is 4.37. The first-order chi connectivity index (χ1) is 11.1. The molecule has 2 saturated heterocycles. The summed E-state index contributed by atoms with van der Waals surface area (Å²) < 4.78 is 14.8. The molecule has 5 heteroatoms. The van der Waals surface area contributed by atoms with Crippen LogP contribution in [-0.4, -0.2) is 48.1 Å². The van der Waals surface area contributed by atoms with Crippen LogP contribution in [0.15, 0.2) is 16.8 Å². The molecule has 1 aliphatic carbocycles. The van der Waals surface area contributed by atoms with E-state index in [4.69, 9.17) is 0 Å². The first-order valence-corrected chi connectivity index (χ1v) is 9.68. The Morgan fingerprint density at radius 2 is 2.26 bits per heavy atom. The van der Waals surface area contributed by atoms with Crippen molar-refractivity contribution in [1.82, 2.24) is 9.80 Å². The van der Waals surface area contributed by atoms with Crippen molar-refractivity contribution in [3.05, 3.63) is 22.4 Å². The highest BCUT2D eigenvalue weighted by molar-refractivity contribution is 7.07. The molecule has 3 heterocycles. The van der Waals surface area contributed by atoms with Crippen LogP contribution in [0.25, 0.3) is 0 Å². The normalized spacial score (nSPS) is 37.5. The van der Waals surface area contributed by atoms with Gasteiger partial charge in [-0.3, -0.25) is 9.69 Å². The molecular weight excluding hydrogens is 311 g/mol. The van der Waals surface area contributed by atoms with Gasteiger partial charge in [0.1, 0.15) is 6.17 Å². The summed E-state index contributed by atoms with van der Waals surface area (Å²) in [7, 11) is 0. The highest BCUT2D eigenvalue weighted by Crippen LogP contribution is 2.44. The lowest BCUT2D eigenvalue weighted by Gasteiger charge is -2.43. The van der Waals surface area contributed by atoms with Crippen molar-refractivity contribution in [1.29, 1.82) is 0 Å². The molecule has 1 spiro atoms. The molecule has 0 radical (unpaired) electrons. The molecule has 4 atom stereocenters. The SMILES string of the molecule is C[C@@H]1C[C@@H]1C(=O)N1CC[C@@H](F)[C@@]2(CCN(Cc3ccsc3)C2)C1. The third-order valence-electron chi connectivity index (χ3n) is 6.01. The Labute approximate surface area is 141 Å². The Morgan fingerprint density at radius 3 is 2.96 bits per heavy atom. The molecule has 1 aromatic rings. The summed E-state index contributed by atoms with van der Waals surface area (Å²) in [4.78, 5) is 16.9. The number of amides is 1. The van der Waals surface area contributed by atoms with Crippen LogP contribution in [0.2, 0.25) is 0 Å². The number of thiophene rings is 1. The first kappa shape index (κ1) is 15.6. The molecule has 1 aromatic heterocycles. The van der Waals surface area contributed by atoms with Crippen molar-refractivity contribution in [3.8, 4) is 0 Å².